The molecule has 2 unspecified atom stereocenters. The van der Waals surface area contributed by atoms with Crippen LogP contribution in [0, 0.1) is 0 Å². The number of nitrogens with one attached hydrogen (secondary N) is 2. The molecule has 2 atom stereocenters. The average Bonchev–Trinajstić information content (AvgIpc) is 2.03. The number of fused-ring (bicyclic) bond motifs is 1. The summed E-state index contributed by atoms with van der Waals surface area (Å²) in [4.78, 5) is 0. The lowest BCUT2D eigenvalue weighted by Gasteiger charge is -2.28. The van der Waals surface area contributed by atoms with Crippen LogP contribution in [0.3, 0.4) is 0 Å². The predicted molar refractivity (Wildman–Crippen MR) is 50.9 cm³/mol. The smallest absolute Gasteiger partial charge is 0.155 e. The Balaban J connectivity index is 2.25. The summed E-state index contributed by atoms with van der Waals surface area (Å²) in [6, 6.07) is 0.145. The van der Waals surface area contributed by atoms with E-state index in [4.69, 9.17) is 23.2 Å². The van der Waals surface area contributed by atoms with E-state index < -0.39 is 0 Å². The standard InChI is InChI=1S/C8H8Cl2N2/c9-6-2-1-5-4-11-8(10)12-7(5)3-6/h1-4,7-8,11-12H. The van der Waals surface area contributed by atoms with Gasteiger partial charge < -0.3 is 5.32 Å². The zero-order valence-corrected chi connectivity index (χ0v) is 7.73. The summed E-state index contributed by atoms with van der Waals surface area (Å²) in [6.07, 6.45) is 7.66. The van der Waals surface area contributed by atoms with Gasteiger partial charge in [0.15, 0.2) is 5.62 Å². The molecule has 64 valence electrons. The Labute approximate surface area is 80.9 Å². The molecule has 2 aliphatic rings. The maximum Gasteiger partial charge on any atom is 0.155 e. The van der Waals surface area contributed by atoms with Crippen molar-refractivity contribution in [3.05, 3.63) is 35.0 Å². The van der Waals surface area contributed by atoms with E-state index in [1.807, 2.05) is 24.4 Å². The topological polar surface area (TPSA) is 24.1 Å². The largest absolute Gasteiger partial charge is 0.363 e. The number of hydrogen-bond acceptors (Lipinski definition) is 2. The third kappa shape index (κ3) is 1.51. The van der Waals surface area contributed by atoms with Crippen molar-refractivity contribution in [1.82, 2.24) is 10.6 Å². The quantitative estimate of drug-likeness (QED) is 0.462. The Morgan fingerprint density at radius 3 is 3.00 bits per heavy atom. The molecular weight excluding hydrogens is 195 g/mol. The summed E-state index contributed by atoms with van der Waals surface area (Å²) in [7, 11) is 0. The molecule has 12 heavy (non-hydrogen) atoms. The van der Waals surface area contributed by atoms with Crippen molar-refractivity contribution in [2.45, 2.75) is 11.7 Å². The van der Waals surface area contributed by atoms with E-state index in [0.29, 0.717) is 0 Å². The Kier molecular flexibility index (Phi) is 2.13. The molecule has 2 nitrogen and oxygen atoms in total. The highest BCUT2D eigenvalue weighted by molar-refractivity contribution is 6.31. The van der Waals surface area contributed by atoms with E-state index >= 15 is 0 Å². The summed E-state index contributed by atoms with van der Waals surface area (Å²) in [5.41, 5.74) is 0.933. The van der Waals surface area contributed by atoms with Crippen LogP contribution in [-0.2, 0) is 0 Å². The molecule has 0 saturated heterocycles. The van der Waals surface area contributed by atoms with Crippen LogP contribution < -0.4 is 10.6 Å². The van der Waals surface area contributed by atoms with E-state index in [9.17, 15) is 0 Å². The zero-order chi connectivity index (χ0) is 8.55. The fraction of sp³-hybridized carbons (Fsp3) is 0.250. The molecule has 0 amide bonds. The van der Waals surface area contributed by atoms with Crippen LogP contribution >= 0.6 is 23.2 Å². The molecule has 1 aliphatic heterocycles. The molecule has 0 spiro atoms. The summed E-state index contributed by atoms with van der Waals surface area (Å²) in [5, 5.41) is 6.83. The van der Waals surface area contributed by atoms with Crippen molar-refractivity contribution < 1.29 is 0 Å². The van der Waals surface area contributed by atoms with Crippen LogP contribution in [0.2, 0.25) is 0 Å². The van der Waals surface area contributed by atoms with Crippen LogP contribution in [-0.4, -0.2) is 11.7 Å². The minimum absolute atomic E-state index is 0.145. The van der Waals surface area contributed by atoms with Crippen LogP contribution in [0.5, 0.6) is 0 Å². The first kappa shape index (κ1) is 8.17. The number of allylic oxidation sites excluding steroid dienone is 2. The maximum absolute atomic E-state index is 5.83. The summed E-state index contributed by atoms with van der Waals surface area (Å²) >= 11 is 11.6. The Morgan fingerprint density at radius 1 is 1.33 bits per heavy atom. The van der Waals surface area contributed by atoms with Crippen molar-refractivity contribution >= 4 is 23.2 Å². The van der Waals surface area contributed by atoms with Gasteiger partial charge in [0.05, 0.1) is 6.04 Å². The Bertz CT molecular complexity index is 281. The molecule has 4 heteroatoms. The third-order valence-corrected chi connectivity index (χ3v) is 2.35. The lowest BCUT2D eigenvalue weighted by Crippen LogP contribution is -2.46. The summed E-state index contributed by atoms with van der Waals surface area (Å²) in [5.74, 6) is 0. The number of hydrogen-bond donors (Lipinski definition) is 2. The first-order valence-corrected chi connectivity index (χ1v) is 4.49. The lowest BCUT2D eigenvalue weighted by atomic mass is 10.0. The highest BCUT2D eigenvalue weighted by Crippen LogP contribution is 2.20. The van der Waals surface area contributed by atoms with E-state index in [2.05, 4.69) is 10.6 Å². The average molecular weight is 203 g/mol. The molecule has 2 rings (SSSR count). The Morgan fingerprint density at radius 2 is 2.17 bits per heavy atom. The second kappa shape index (κ2) is 3.13. The van der Waals surface area contributed by atoms with Crippen molar-refractivity contribution in [2.75, 3.05) is 0 Å². The molecule has 0 aromatic rings. The van der Waals surface area contributed by atoms with Crippen molar-refractivity contribution in [2.24, 2.45) is 0 Å². The van der Waals surface area contributed by atoms with Gasteiger partial charge in [-0.1, -0.05) is 29.3 Å². The molecule has 0 aromatic heterocycles. The van der Waals surface area contributed by atoms with Gasteiger partial charge in [0.2, 0.25) is 0 Å². The first-order chi connectivity index (χ1) is 5.75. The highest BCUT2D eigenvalue weighted by Gasteiger charge is 2.20. The third-order valence-electron chi connectivity index (χ3n) is 1.84. The summed E-state index contributed by atoms with van der Waals surface area (Å²) in [6.45, 7) is 0. The van der Waals surface area contributed by atoms with E-state index in [0.717, 1.165) is 10.6 Å². The monoisotopic (exact) mass is 202 g/mol. The number of alkyl halides is 1. The molecule has 0 bridgehead atoms. The minimum Gasteiger partial charge on any atom is -0.363 e. The van der Waals surface area contributed by atoms with Crippen molar-refractivity contribution in [1.29, 1.82) is 0 Å². The fourth-order valence-corrected chi connectivity index (χ4v) is 1.64. The lowest BCUT2D eigenvalue weighted by molar-refractivity contribution is 0.543. The molecular formula is C8H8Cl2N2. The van der Waals surface area contributed by atoms with Crippen LogP contribution in [0.1, 0.15) is 0 Å². The van der Waals surface area contributed by atoms with Gasteiger partial charge in [-0.25, -0.2) is 0 Å². The minimum atomic E-state index is -0.217. The second-order valence-electron chi connectivity index (χ2n) is 2.70. The van der Waals surface area contributed by atoms with Gasteiger partial charge in [-0.3, -0.25) is 5.32 Å². The number of halogens is 2. The van der Waals surface area contributed by atoms with Crippen LogP contribution in [0.4, 0.5) is 0 Å². The van der Waals surface area contributed by atoms with Gasteiger partial charge in [-0.05, 0) is 17.7 Å². The number of rotatable bonds is 0. The molecule has 0 saturated carbocycles. The van der Waals surface area contributed by atoms with E-state index in [1.165, 1.54) is 0 Å². The van der Waals surface area contributed by atoms with Crippen LogP contribution in [0.15, 0.2) is 35.0 Å². The van der Waals surface area contributed by atoms with Gasteiger partial charge in [0.25, 0.3) is 0 Å². The van der Waals surface area contributed by atoms with Gasteiger partial charge in [0, 0.05) is 11.2 Å². The van der Waals surface area contributed by atoms with Gasteiger partial charge in [-0.15, -0.1) is 0 Å². The molecule has 2 N–H and O–H groups in total. The second-order valence-corrected chi connectivity index (χ2v) is 3.58. The normalized spacial score (nSPS) is 33.2. The Hall–Kier alpha value is -0.440. The fourth-order valence-electron chi connectivity index (χ4n) is 1.25. The van der Waals surface area contributed by atoms with Crippen LogP contribution in [0.25, 0.3) is 0 Å². The van der Waals surface area contributed by atoms with Crippen molar-refractivity contribution in [3.63, 3.8) is 0 Å². The van der Waals surface area contributed by atoms with Gasteiger partial charge in [0.1, 0.15) is 0 Å². The summed E-state index contributed by atoms with van der Waals surface area (Å²) < 4.78 is 0. The molecule has 1 aliphatic carbocycles. The molecule has 0 fully saturated rings. The molecule has 0 aromatic carbocycles. The highest BCUT2D eigenvalue weighted by atomic mass is 35.5. The van der Waals surface area contributed by atoms with Gasteiger partial charge in [-0.2, -0.15) is 0 Å². The molecule has 0 radical (unpaired) electrons. The first-order valence-electron chi connectivity index (χ1n) is 3.67. The zero-order valence-electron chi connectivity index (χ0n) is 6.22. The predicted octanol–water partition coefficient (Wildman–Crippen LogP) is 1.65. The van der Waals surface area contributed by atoms with Crippen molar-refractivity contribution in [3.8, 4) is 0 Å². The SMILES string of the molecule is ClC1=CC2NC(Cl)NC=C2C=C1. The van der Waals surface area contributed by atoms with Gasteiger partial charge >= 0.3 is 0 Å². The molecule has 1 heterocycles. The maximum atomic E-state index is 5.83. The van der Waals surface area contributed by atoms with E-state index in [-0.39, 0.29) is 11.7 Å². The van der Waals surface area contributed by atoms with E-state index in [1.54, 1.807) is 0 Å².